The predicted molar refractivity (Wildman–Crippen MR) is 97.8 cm³/mol. The van der Waals surface area contributed by atoms with Crippen molar-refractivity contribution in [2.24, 2.45) is 5.92 Å². The molecule has 2 fully saturated rings. The number of hydrogen-bond acceptors (Lipinski definition) is 3. The van der Waals surface area contributed by atoms with E-state index in [2.05, 4.69) is 10.6 Å². The summed E-state index contributed by atoms with van der Waals surface area (Å²) >= 11 is 0. The molecule has 2 amide bonds. The highest BCUT2D eigenvalue weighted by Gasteiger charge is 2.22. The molecule has 0 saturated carbocycles. The zero-order valence-electron chi connectivity index (χ0n) is 14.1. The molecule has 2 heterocycles. The highest BCUT2D eigenvalue weighted by atomic mass is 35.5. The lowest BCUT2D eigenvalue weighted by Crippen LogP contribution is -2.34. The minimum Gasteiger partial charge on any atom is -0.339 e. The minimum atomic E-state index is 0. The van der Waals surface area contributed by atoms with Crippen LogP contribution in [-0.4, -0.2) is 42.9 Å². The van der Waals surface area contributed by atoms with Gasteiger partial charge in [-0.25, -0.2) is 0 Å². The van der Waals surface area contributed by atoms with Gasteiger partial charge in [0, 0.05) is 30.3 Å². The van der Waals surface area contributed by atoms with E-state index < -0.39 is 0 Å². The SMILES string of the molecule is Cc1cc(C(=O)N2CCCC2)ccc1NC(=O)C1CCNCC1.Cl. The molecule has 2 N–H and O–H groups in total. The second-order valence-corrected chi connectivity index (χ2v) is 6.54. The third-order valence-electron chi connectivity index (χ3n) is 4.83. The quantitative estimate of drug-likeness (QED) is 0.879. The van der Waals surface area contributed by atoms with E-state index >= 15 is 0 Å². The van der Waals surface area contributed by atoms with E-state index in [9.17, 15) is 9.59 Å². The first kappa shape index (κ1) is 18.7. The third kappa shape index (κ3) is 4.28. The van der Waals surface area contributed by atoms with Crippen LogP contribution >= 0.6 is 12.4 Å². The van der Waals surface area contributed by atoms with Crippen LogP contribution < -0.4 is 10.6 Å². The summed E-state index contributed by atoms with van der Waals surface area (Å²) < 4.78 is 0. The van der Waals surface area contributed by atoms with E-state index in [4.69, 9.17) is 0 Å². The molecule has 5 nitrogen and oxygen atoms in total. The molecule has 2 aliphatic rings. The fraction of sp³-hybridized carbons (Fsp3) is 0.556. The molecule has 0 aliphatic carbocycles. The molecule has 6 heteroatoms. The van der Waals surface area contributed by atoms with Gasteiger partial charge in [0.1, 0.15) is 0 Å². The minimum absolute atomic E-state index is 0. The number of rotatable bonds is 3. The Morgan fingerprint density at radius 2 is 1.83 bits per heavy atom. The van der Waals surface area contributed by atoms with E-state index in [1.54, 1.807) is 0 Å². The molecule has 0 radical (unpaired) electrons. The topological polar surface area (TPSA) is 61.4 Å². The summed E-state index contributed by atoms with van der Waals surface area (Å²) in [4.78, 5) is 26.7. The number of carbonyl (C=O) groups is 2. The molecule has 0 bridgehead atoms. The summed E-state index contributed by atoms with van der Waals surface area (Å²) in [7, 11) is 0. The van der Waals surface area contributed by atoms with Crippen molar-refractivity contribution >= 4 is 29.9 Å². The zero-order valence-corrected chi connectivity index (χ0v) is 15.0. The number of nitrogens with zero attached hydrogens (tertiary/aromatic N) is 1. The maximum Gasteiger partial charge on any atom is 0.253 e. The molecule has 132 valence electrons. The van der Waals surface area contributed by atoms with Crippen molar-refractivity contribution in [2.75, 3.05) is 31.5 Å². The van der Waals surface area contributed by atoms with Gasteiger partial charge in [-0.2, -0.15) is 0 Å². The van der Waals surface area contributed by atoms with Crippen LogP contribution in [-0.2, 0) is 4.79 Å². The van der Waals surface area contributed by atoms with Crippen molar-refractivity contribution in [3.05, 3.63) is 29.3 Å². The number of carbonyl (C=O) groups excluding carboxylic acids is 2. The molecule has 1 aromatic carbocycles. The van der Waals surface area contributed by atoms with Gasteiger partial charge in [0.25, 0.3) is 5.91 Å². The Labute approximate surface area is 149 Å². The first-order valence-corrected chi connectivity index (χ1v) is 8.56. The largest absolute Gasteiger partial charge is 0.339 e. The second-order valence-electron chi connectivity index (χ2n) is 6.54. The van der Waals surface area contributed by atoms with Crippen LogP contribution in [0.15, 0.2) is 18.2 Å². The van der Waals surface area contributed by atoms with Gasteiger partial charge in [0.2, 0.25) is 5.91 Å². The van der Waals surface area contributed by atoms with Crippen LogP contribution in [0.3, 0.4) is 0 Å². The molecule has 0 atom stereocenters. The molecule has 24 heavy (non-hydrogen) atoms. The van der Waals surface area contributed by atoms with Crippen LogP contribution in [0.5, 0.6) is 0 Å². The van der Waals surface area contributed by atoms with Gasteiger partial charge in [0.15, 0.2) is 0 Å². The standard InChI is InChI=1S/C18H25N3O2.ClH/c1-13-12-15(18(23)21-10-2-3-11-21)4-5-16(13)20-17(22)14-6-8-19-9-7-14;/h4-5,12,14,19H,2-3,6-11H2,1H3,(H,20,22);1H. The van der Waals surface area contributed by atoms with Crippen molar-refractivity contribution in [1.29, 1.82) is 0 Å². The van der Waals surface area contributed by atoms with Crippen molar-refractivity contribution in [3.8, 4) is 0 Å². The number of anilines is 1. The number of halogens is 1. The fourth-order valence-corrected chi connectivity index (χ4v) is 3.36. The molecule has 1 aromatic rings. The molecular weight excluding hydrogens is 326 g/mol. The normalized spacial score (nSPS) is 18.1. The summed E-state index contributed by atoms with van der Waals surface area (Å²) in [5.74, 6) is 0.275. The van der Waals surface area contributed by atoms with Crippen LogP contribution in [0.1, 0.15) is 41.6 Å². The van der Waals surface area contributed by atoms with Gasteiger partial charge in [0.05, 0.1) is 0 Å². The Morgan fingerprint density at radius 1 is 1.17 bits per heavy atom. The molecule has 3 rings (SSSR count). The number of hydrogen-bond donors (Lipinski definition) is 2. The van der Waals surface area contributed by atoms with Crippen LogP contribution in [0.25, 0.3) is 0 Å². The summed E-state index contributed by atoms with van der Waals surface area (Å²) in [5, 5.41) is 6.29. The van der Waals surface area contributed by atoms with Gasteiger partial charge in [-0.3, -0.25) is 9.59 Å². The summed E-state index contributed by atoms with van der Waals surface area (Å²) in [6.45, 7) is 5.46. The van der Waals surface area contributed by atoms with Gasteiger partial charge in [-0.1, -0.05) is 0 Å². The summed E-state index contributed by atoms with van der Waals surface area (Å²) in [6.07, 6.45) is 3.96. The lowest BCUT2D eigenvalue weighted by molar-refractivity contribution is -0.120. The van der Waals surface area contributed by atoms with E-state index in [0.717, 1.165) is 63.1 Å². The van der Waals surface area contributed by atoms with Gasteiger partial charge >= 0.3 is 0 Å². The third-order valence-corrected chi connectivity index (χ3v) is 4.83. The summed E-state index contributed by atoms with van der Waals surface area (Å²) in [5.41, 5.74) is 2.47. The molecule has 0 aromatic heterocycles. The monoisotopic (exact) mass is 351 g/mol. The number of benzene rings is 1. The number of amides is 2. The Morgan fingerprint density at radius 3 is 2.46 bits per heavy atom. The highest BCUT2D eigenvalue weighted by molar-refractivity contribution is 5.97. The molecule has 2 saturated heterocycles. The fourth-order valence-electron chi connectivity index (χ4n) is 3.36. The number of piperidine rings is 1. The predicted octanol–water partition coefficient (Wildman–Crippen LogP) is 2.59. The Hall–Kier alpha value is -1.59. The van der Waals surface area contributed by atoms with Crippen LogP contribution in [0.4, 0.5) is 5.69 Å². The maximum atomic E-state index is 12.4. The zero-order chi connectivity index (χ0) is 16.2. The van der Waals surface area contributed by atoms with Gasteiger partial charge in [-0.15, -0.1) is 12.4 Å². The second kappa shape index (κ2) is 8.49. The smallest absolute Gasteiger partial charge is 0.253 e. The van der Waals surface area contributed by atoms with Crippen molar-refractivity contribution < 1.29 is 9.59 Å². The number of nitrogens with one attached hydrogen (secondary N) is 2. The molecular formula is C18H26ClN3O2. The Bertz CT molecular complexity index is 594. The Balaban J connectivity index is 0.00000208. The van der Waals surface area contributed by atoms with Crippen molar-refractivity contribution in [3.63, 3.8) is 0 Å². The lowest BCUT2D eigenvalue weighted by atomic mass is 9.97. The van der Waals surface area contributed by atoms with Crippen molar-refractivity contribution in [1.82, 2.24) is 10.2 Å². The molecule has 0 spiro atoms. The first-order chi connectivity index (χ1) is 11.1. The highest BCUT2D eigenvalue weighted by Crippen LogP contribution is 2.21. The van der Waals surface area contributed by atoms with E-state index in [1.807, 2.05) is 30.0 Å². The van der Waals surface area contributed by atoms with E-state index in [-0.39, 0.29) is 30.1 Å². The van der Waals surface area contributed by atoms with Crippen molar-refractivity contribution in [2.45, 2.75) is 32.6 Å². The van der Waals surface area contributed by atoms with Gasteiger partial charge in [-0.05, 0) is 69.5 Å². The maximum absolute atomic E-state index is 12.4. The number of likely N-dealkylation sites (tertiary alicyclic amines) is 1. The molecule has 2 aliphatic heterocycles. The van der Waals surface area contributed by atoms with E-state index in [1.165, 1.54) is 0 Å². The van der Waals surface area contributed by atoms with Crippen LogP contribution in [0, 0.1) is 12.8 Å². The van der Waals surface area contributed by atoms with Crippen LogP contribution in [0.2, 0.25) is 0 Å². The molecule has 0 unspecified atom stereocenters. The van der Waals surface area contributed by atoms with E-state index in [0.29, 0.717) is 5.56 Å². The van der Waals surface area contributed by atoms with Gasteiger partial charge < -0.3 is 15.5 Å². The first-order valence-electron chi connectivity index (χ1n) is 8.56. The average molecular weight is 352 g/mol. The Kier molecular flexibility index (Phi) is 6.63. The lowest BCUT2D eigenvalue weighted by Gasteiger charge is -2.22. The number of aryl methyl sites for hydroxylation is 1. The average Bonchev–Trinajstić information content (AvgIpc) is 3.11. The summed E-state index contributed by atoms with van der Waals surface area (Å²) in [6, 6.07) is 5.57.